The van der Waals surface area contributed by atoms with Crippen LogP contribution in [0.15, 0.2) is 16.5 Å². The van der Waals surface area contributed by atoms with Crippen molar-refractivity contribution in [2.24, 2.45) is 11.8 Å². The first-order valence-electron chi connectivity index (χ1n) is 7.26. The van der Waals surface area contributed by atoms with Gasteiger partial charge in [-0.2, -0.15) is 0 Å². The number of aryl methyl sites for hydroxylation is 1. The first kappa shape index (κ1) is 15.8. The lowest BCUT2D eigenvalue weighted by Crippen LogP contribution is -2.33. The van der Waals surface area contributed by atoms with Gasteiger partial charge >= 0.3 is 0 Å². The number of hydrogen-bond acceptors (Lipinski definition) is 2. The quantitative estimate of drug-likeness (QED) is 0.743. The molecule has 1 rings (SSSR count). The van der Waals surface area contributed by atoms with E-state index in [0.717, 1.165) is 31.7 Å². The molecule has 0 radical (unpaired) electrons. The highest BCUT2D eigenvalue weighted by molar-refractivity contribution is 5.91. The maximum Gasteiger partial charge on any atom is 0.289 e. The molecule has 0 spiro atoms. The monoisotopic (exact) mass is 265 g/mol. The van der Waals surface area contributed by atoms with Gasteiger partial charge in [0.05, 0.1) is 0 Å². The third-order valence-electron chi connectivity index (χ3n) is 3.19. The van der Waals surface area contributed by atoms with Crippen molar-refractivity contribution in [2.75, 3.05) is 13.1 Å². The predicted octanol–water partition coefficient (Wildman–Crippen LogP) is 4.12. The Morgan fingerprint density at radius 2 is 1.63 bits per heavy atom. The molecule has 1 aromatic rings. The highest BCUT2D eigenvalue weighted by Gasteiger charge is 2.19. The van der Waals surface area contributed by atoms with Gasteiger partial charge in [-0.15, -0.1) is 0 Å². The van der Waals surface area contributed by atoms with Crippen molar-refractivity contribution >= 4 is 5.91 Å². The van der Waals surface area contributed by atoms with E-state index in [1.54, 1.807) is 6.07 Å². The topological polar surface area (TPSA) is 33.5 Å². The molecule has 3 nitrogen and oxygen atoms in total. The van der Waals surface area contributed by atoms with Crippen LogP contribution < -0.4 is 0 Å². The van der Waals surface area contributed by atoms with Crippen LogP contribution in [0.1, 0.15) is 56.9 Å². The summed E-state index contributed by atoms with van der Waals surface area (Å²) in [5.74, 6) is 2.48. The molecule has 19 heavy (non-hydrogen) atoms. The molecule has 0 saturated carbocycles. The van der Waals surface area contributed by atoms with Crippen LogP contribution in [0.2, 0.25) is 0 Å². The summed E-state index contributed by atoms with van der Waals surface area (Å²) in [6, 6.07) is 3.62. The van der Waals surface area contributed by atoms with Gasteiger partial charge in [0.15, 0.2) is 5.76 Å². The van der Waals surface area contributed by atoms with Crippen molar-refractivity contribution in [3.05, 3.63) is 23.7 Å². The van der Waals surface area contributed by atoms with Crippen molar-refractivity contribution < 1.29 is 9.21 Å². The number of rotatable bonds is 7. The van der Waals surface area contributed by atoms with Crippen LogP contribution in [0.5, 0.6) is 0 Å². The molecule has 0 saturated heterocycles. The van der Waals surface area contributed by atoms with Gasteiger partial charge < -0.3 is 9.32 Å². The van der Waals surface area contributed by atoms with E-state index in [0.29, 0.717) is 17.6 Å². The molecule has 3 heteroatoms. The Morgan fingerprint density at radius 3 is 2.00 bits per heavy atom. The summed E-state index contributed by atoms with van der Waals surface area (Å²) in [5.41, 5.74) is 0. The predicted molar refractivity (Wildman–Crippen MR) is 78.3 cm³/mol. The van der Waals surface area contributed by atoms with Gasteiger partial charge in [0.25, 0.3) is 5.91 Å². The minimum absolute atomic E-state index is 0.0226. The van der Waals surface area contributed by atoms with Gasteiger partial charge in [-0.05, 0) is 43.7 Å². The van der Waals surface area contributed by atoms with Crippen molar-refractivity contribution in [3.8, 4) is 0 Å². The third kappa shape index (κ3) is 5.50. The highest BCUT2D eigenvalue weighted by Crippen LogP contribution is 2.13. The fraction of sp³-hybridized carbons (Fsp3) is 0.688. The van der Waals surface area contributed by atoms with Crippen LogP contribution in [-0.4, -0.2) is 23.9 Å². The molecular weight excluding hydrogens is 238 g/mol. The molecule has 0 aliphatic rings. The van der Waals surface area contributed by atoms with E-state index in [1.165, 1.54) is 0 Å². The van der Waals surface area contributed by atoms with Crippen LogP contribution >= 0.6 is 0 Å². The van der Waals surface area contributed by atoms with Crippen LogP contribution in [0.3, 0.4) is 0 Å². The standard InChI is InChI=1S/C16H27NO2/c1-12(2)8-10-17(11-9-13(3)4)16(18)15-7-6-14(5)19-15/h6-7,12-13H,8-11H2,1-5H3. The second-order valence-electron chi connectivity index (χ2n) is 6.07. The van der Waals surface area contributed by atoms with Crippen molar-refractivity contribution in [1.29, 1.82) is 0 Å². The maximum absolute atomic E-state index is 12.4. The Morgan fingerprint density at radius 1 is 1.11 bits per heavy atom. The molecule has 0 atom stereocenters. The van der Waals surface area contributed by atoms with E-state index >= 15 is 0 Å². The summed E-state index contributed by atoms with van der Waals surface area (Å²) in [6.07, 6.45) is 2.06. The first-order valence-corrected chi connectivity index (χ1v) is 7.26. The van der Waals surface area contributed by atoms with Gasteiger partial charge in [0, 0.05) is 13.1 Å². The van der Waals surface area contributed by atoms with Crippen LogP contribution in [0, 0.1) is 18.8 Å². The summed E-state index contributed by atoms with van der Waals surface area (Å²) < 4.78 is 5.45. The van der Waals surface area contributed by atoms with Crippen LogP contribution in [0.4, 0.5) is 0 Å². The van der Waals surface area contributed by atoms with Gasteiger partial charge in [0.2, 0.25) is 0 Å². The summed E-state index contributed by atoms with van der Waals surface area (Å²) in [7, 11) is 0. The van der Waals surface area contributed by atoms with E-state index in [9.17, 15) is 4.79 Å². The van der Waals surface area contributed by atoms with Crippen LogP contribution in [0.25, 0.3) is 0 Å². The number of nitrogens with zero attached hydrogens (tertiary/aromatic N) is 1. The second-order valence-corrected chi connectivity index (χ2v) is 6.07. The molecule has 0 N–H and O–H groups in total. The summed E-state index contributed by atoms with van der Waals surface area (Å²) in [5, 5.41) is 0. The smallest absolute Gasteiger partial charge is 0.289 e. The van der Waals surface area contributed by atoms with Gasteiger partial charge in [-0.25, -0.2) is 0 Å². The summed E-state index contributed by atoms with van der Waals surface area (Å²) in [4.78, 5) is 14.3. The Balaban J connectivity index is 2.68. The number of hydrogen-bond donors (Lipinski definition) is 0. The number of furan rings is 1. The molecular formula is C16H27NO2. The zero-order valence-corrected chi connectivity index (χ0v) is 12.9. The SMILES string of the molecule is Cc1ccc(C(=O)N(CCC(C)C)CCC(C)C)o1. The molecule has 0 bridgehead atoms. The van der Waals surface area contributed by atoms with Crippen molar-refractivity contribution in [2.45, 2.75) is 47.5 Å². The number of carbonyl (C=O) groups excluding carboxylic acids is 1. The zero-order chi connectivity index (χ0) is 14.4. The molecule has 0 fully saturated rings. The normalized spacial score (nSPS) is 11.3. The van der Waals surface area contributed by atoms with E-state index < -0.39 is 0 Å². The molecule has 108 valence electrons. The summed E-state index contributed by atoms with van der Waals surface area (Å²) in [6.45, 7) is 12.2. The lowest BCUT2D eigenvalue weighted by molar-refractivity contribution is 0.0707. The Labute approximate surface area is 117 Å². The minimum atomic E-state index is 0.0226. The molecule has 0 aliphatic heterocycles. The summed E-state index contributed by atoms with van der Waals surface area (Å²) >= 11 is 0. The molecule has 1 amide bonds. The molecule has 1 aromatic heterocycles. The Bertz CT molecular complexity index is 381. The van der Waals surface area contributed by atoms with Gasteiger partial charge in [-0.3, -0.25) is 4.79 Å². The van der Waals surface area contributed by atoms with Gasteiger partial charge in [-0.1, -0.05) is 27.7 Å². The maximum atomic E-state index is 12.4. The fourth-order valence-electron chi connectivity index (χ4n) is 1.85. The Hall–Kier alpha value is -1.25. The highest BCUT2D eigenvalue weighted by atomic mass is 16.3. The number of amides is 1. The molecule has 0 unspecified atom stereocenters. The largest absolute Gasteiger partial charge is 0.456 e. The van der Waals surface area contributed by atoms with E-state index in [1.807, 2.05) is 17.9 Å². The number of carbonyl (C=O) groups is 1. The average molecular weight is 265 g/mol. The first-order chi connectivity index (χ1) is 8.90. The molecule has 0 aliphatic carbocycles. The lowest BCUT2D eigenvalue weighted by atomic mass is 10.1. The van der Waals surface area contributed by atoms with E-state index in [4.69, 9.17) is 4.42 Å². The van der Waals surface area contributed by atoms with Crippen molar-refractivity contribution in [3.63, 3.8) is 0 Å². The second kappa shape index (κ2) is 7.37. The van der Waals surface area contributed by atoms with E-state index in [-0.39, 0.29) is 5.91 Å². The van der Waals surface area contributed by atoms with Gasteiger partial charge in [0.1, 0.15) is 5.76 Å². The van der Waals surface area contributed by atoms with Crippen LogP contribution in [-0.2, 0) is 0 Å². The zero-order valence-electron chi connectivity index (χ0n) is 12.9. The minimum Gasteiger partial charge on any atom is -0.456 e. The molecule has 0 aromatic carbocycles. The Kier molecular flexibility index (Phi) is 6.13. The van der Waals surface area contributed by atoms with Crippen molar-refractivity contribution in [1.82, 2.24) is 4.90 Å². The fourth-order valence-corrected chi connectivity index (χ4v) is 1.85. The lowest BCUT2D eigenvalue weighted by Gasteiger charge is -2.23. The molecule has 1 heterocycles. The third-order valence-corrected chi connectivity index (χ3v) is 3.19. The van der Waals surface area contributed by atoms with E-state index in [2.05, 4.69) is 27.7 Å². The average Bonchev–Trinajstić information content (AvgIpc) is 2.74.